The Bertz CT molecular complexity index is 781. The molecular weight excluding hydrogens is 330 g/mol. The van der Waals surface area contributed by atoms with Crippen LogP contribution < -0.4 is 15.5 Å². The Hall–Kier alpha value is -3.15. The lowest BCUT2D eigenvalue weighted by molar-refractivity contribution is -0.120. The molecule has 0 atom stereocenters. The van der Waals surface area contributed by atoms with E-state index in [-0.39, 0.29) is 24.7 Å². The van der Waals surface area contributed by atoms with Crippen molar-refractivity contribution < 1.29 is 14.3 Å². The fraction of sp³-hybridized carbons (Fsp3) is 0.250. The molecule has 136 valence electrons. The second kappa shape index (κ2) is 9.36. The number of aryl methyl sites for hydroxylation is 1. The summed E-state index contributed by atoms with van der Waals surface area (Å²) in [5.74, 6) is 0.315. The zero-order chi connectivity index (χ0) is 18.9. The van der Waals surface area contributed by atoms with Crippen LogP contribution in [0.25, 0.3) is 0 Å². The number of amides is 2. The van der Waals surface area contributed by atoms with Crippen molar-refractivity contribution in [2.24, 2.45) is 5.10 Å². The van der Waals surface area contributed by atoms with E-state index in [4.69, 9.17) is 4.74 Å². The molecule has 0 fully saturated rings. The number of benzene rings is 2. The van der Waals surface area contributed by atoms with E-state index in [1.165, 1.54) is 0 Å². The summed E-state index contributed by atoms with van der Waals surface area (Å²) < 4.78 is 5.08. The standard InChI is InChI=1S/C20H23N3O3/c1-14-4-8-17(9-5-14)21-19(24)12-15(2)22-23-20(25)13-16-6-10-18(26-3)11-7-16/h4-11H,12-13H2,1-3H3,(H,21,24)(H,23,25)/b22-15-. The molecule has 0 radical (unpaired) electrons. The Labute approximate surface area is 153 Å². The Morgan fingerprint density at radius 1 is 1.00 bits per heavy atom. The highest BCUT2D eigenvalue weighted by molar-refractivity contribution is 6.05. The molecule has 0 saturated carbocycles. The van der Waals surface area contributed by atoms with Crippen molar-refractivity contribution in [1.29, 1.82) is 0 Å². The summed E-state index contributed by atoms with van der Waals surface area (Å²) >= 11 is 0. The van der Waals surface area contributed by atoms with Crippen LogP contribution in [0.5, 0.6) is 5.75 Å². The van der Waals surface area contributed by atoms with Crippen LogP contribution in [0.15, 0.2) is 53.6 Å². The topological polar surface area (TPSA) is 79.8 Å². The molecule has 0 spiro atoms. The first-order valence-corrected chi connectivity index (χ1v) is 8.27. The molecule has 6 nitrogen and oxygen atoms in total. The highest BCUT2D eigenvalue weighted by Gasteiger charge is 2.06. The molecule has 0 heterocycles. The molecule has 0 bridgehead atoms. The monoisotopic (exact) mass is 353 g/mol. The van der Waals surface area contributed by atoms with Gasteiger partial charge in [-0.25, -0.2) is 5.43 Å². The Balaban J connectivity index is 1.79. The van der Waals surface area contributed by atoms with Crippen LogP contribution in [0.2, 0.25) is 0 Å². The van der Waals surface area contributed by atoms with Gasteiger partial charge in [0.1, 0.15) is 5.75 Å². The molecule has 0 aliphatic heterocycles. The average molecular weight is 353 g/mol. The predicted molar refractivity (Wildman–Crippen MR) is 102 cm³/mol. The molecule has 0 unspecified atom stereocenters. The van der Waals surface area contributed by atoms with Gasteiger partial charge in [-0.3, -0.25) is 9.59 Å². The third-order valence-corrected chi connectivity index (χ3v) is 3.65. The van der Waals surface area contributed by atoms with Crippen LogP contribution >= 0.6 is 0 Å². The Kier molecular flexibility index (Phi) is 6.91. The molecular formula is C20H23N3O3. The number of anilines is 1. The lowest BCUT2D eigenvalue weighted by Gasteiger charge is -2.06. The van der Waals surface area contributed by atoms with Crippen LogP contribution in [-0.2, 0) is 16.0 Å². The fourth-order valence-corrected chi connectivity index (χ4v) is 2.24. The second-order valence-electron chi connectivity index (χ2n) is 6.00. The van der Waals surface area contributed by atoms with Crippen molar-refractivity contribution in [3.05, 3.63) is 59.7 Å². The number of methoxy groups -OCH3 is 1. The van der Waals surface area contributed by atoms with Gasteiger partial charge in [-0.2, -0.15) is 5.10 Å². The minimum atomic E-state index is -0.242. The number of hydrazone groups is 1. The van der Waals surface area contributed by atoms with E-state index < -0.39 is 0 Å². The van der Waals surface area contributed by atoms with Gasteiger partial charge in [0.2, 0.25) is 11.8 Å². The zero-order valence-electron chi connectivity index (χ0n) is 15.2. The van der Waals surface area contributed by atoms with E-state index in [9.17, 15) is 9.59 Å². The van der Waals surface area contributed by atoms with Crippen LogP contribution in [-0.4, -0.2) is 24.6 Å². The van der Waals surface area contributed by atoms with Gasteiger partial charge >= 0.3 is 0 Å². The molecule has 0 aliphatic carbocycles. The normalized spacial score (nSPS) is 11.0. The van der Waals surface area contributed by atoms with Gasteiger partial charge in [0.15, 0.2) is 0 Å². The lowest BCUT2D eigenvalue weighted by Crippen LogP contribution is -2.22. The van der Waals surface area contributed by atoms with Crippen molar-refractivity contribution in [1.82, 2.24) is 5.43 Å². The number of rotatable bonds is 7. The molecule has 0 aliphatic rings. The number of nitrogens with zero attached hydrogens (tertiary/aromatic N) is 1. The smallest absolute Gasteiger partial charge is 0.244 e. The second-order valence-corrected chi connectivity index (χ2v) is 6.00. The summed E-state index contributed by atoms with van der Waals surface area (Å²) in [6.45, 7) is 3.68. The molecule has 2 aromatic rings. The number of carbonyl (C=O) groups excluding carboxylic acids is 2. The summed E-state index contributed by atoms with van der Waals surface area (Å²) in [4.78, 5) is 23.9. The highest BCUT2D eigenvalue weighted by Crippen LogP contribution is 2.11. The predicted octanol–water partition coefficient (Wildman–Crippen LogP) is 3.07. The molecule has 2 aromatic carbocycles. The van der Waals surface area contributed by atoms with Gasteiger partial charge in [0.25, 0.3) is 0 Å². The summed E-state index contributed by atoms with van der Waals surface area (Å²) in [6.07, 6.45) is 0.313. The third-order valence-electron chi connectivity index (χ3n) is 3.65. The van der Waals surface area contributed by atoms with Gasteiger partial charge in [-0.05, 0) is 43.7 Å². The van der Waals surface area contributed by atoms with Crippen LogP contribution in [0.1, 0.15) is 24.5 Å². The molecule has 0 aromatic heterocycles. The lowest BCUT2D eigenvalue weighted by atomic mass is 10.1. The summed E-state index contributed by atoms with van der Waals surface area (Å²) in [7, 11) is 1.59. The summed E-state index contributed by atoms with van der Waals surface area (Å²) in [6, 6.07) is 14.8. The number of nitrogens with one attached hydrogen (secondary N) is 2. The minimum absolute atomic E-state index is 0.108. The van der Waals surface area contributed by atoms with E-state index in [2.05, 4.69) is 15.8 Å². The van der Waals surface area contributed by atoms with Crippen LogP contribution in [0.3, 0.4) is 0 Å². The van der Waals surface area contributed by atoms with Crippen molar-refractivity contribution in [2.45, 2.75) is 26.7 Å². The first kappa shape index (κ1) is 19.2. The third kappa shape index (κ3) is 6.39. The first-order chi connectivity index (χ1) is 12.5. The Morgan fingerprint density at radius 2 is 1.65 bits per heavy atom. The number of hydrogen-bond acceptors (Lipinski definition) is 4. The van der Waals surface area contributed by atoms with Crippen molar-refractivity contribution >= 4 is 23.2 Å². The summed E-state index contributed by atoms with van der Waals surface area (Å²) in [5.41, 5.74) is 5.71. The van der Waals surface area contributed by atoms with Crippen LogP contribution in [0.4, 0.5) is 5.69 Å². The van der Waals surface area contributed by atoms with Gasteiger partial charge in [0, 0.05) is 11.4 Å². The zero-order valence-corrected chi connectivity index (χ0v) is 15.2. The van der Waals surface area contributed by atoms with Gasteiger partial charge < -0.3 is 10.1 Å². The van der Waals surface area contributed by atoms with E-state index in [1.54, 1.807) is 26.2 Å². The number of carbonyl (C=O) groups is 2. The maximum Gasteiger partial charge on any atom is 0.244 e. The van der Waals surface area contributed by atoms with Crippen LogP contribution in [0, 0.1) is 6.92 Å². The molecule has 26 heavy (non-hydrogen) atoms. The van der Waals surface area contributed by atoms with E-state index >= 15 is 0 Å². The fourth-order valence-electron chi connectivity index (χ4n) is 2.24. The molecule has 0 saturated heterocycles. The molecule has 2 N–H and O–H groups in total. The van der Waals surface area contributed by atoms with Gasteiger partial charge in [0.05, 0.1) is 20.0 Å². The number of ether oxygens (including phenoxy) is 1. The quantitative estimate of drug-likeness (QED) is 0.593. The maximum atomic E-state index is 12.0. The largest absolute Gasteiger partial charge is 0.497 e. The Morgan fingerprint density at radius 3 is 2.27 bits per heavy atom. The van der Waals surface area contributed by atoms with Crippen molar-refractivity contribution in [3.8, 4) is 5.75 Å². The summed E-state index contributed by atoms with van der Waals surface area (Å²) in [5, 5.41) is 6.78. The SMILES string of the molecule is COc1ccc(CC(=O)N/N=C(/C)CC(=O)Nc2ccc(C)cc2)cc1. The molecule has 2 rings (SSSR count). The van der Waals surface area contributed by atoms with Crippen molar-refractivity contribution in [3.63, 3.8) is 0 Å². The highest BCUT2D eigenvalue weighted by atomic mass is 16.5. The first-order valence-electron chi connectivity index (χ1n) is 8.27. The van der Waals surface area contributed by atoms with Gasteiger partial charge in [-0.1, -0.05) is 29.8 Å². The van der Waals surface area contributed by atoms with Gasteiger partial charge in [-0.15, -0.1) is 0 Å². The van der Waals surface area contributed by atoms with E-state index in [0.29, 0.717) is 5.71 Å². The average Bonchev–Trinajstić information content (AvgIpc) is 2.62. The molecule has 2 amide bonds. The molecule has 6 heteroatoms. The van der Waals surface area contributed by atoms with Crippen molar-refractivity contribution in [2.75, 3.05) is 12.4 Å². The minimum Gasteiger partial charge on any atom is -0.497 e. The van der Waals surface area contributed by atoms with E-state index in [0.717, 1.165) is 22.6 Å². The number of hydrogen-bond donors (Lipinski definition) is 2. The van der Waals surface area contributed by atoms with E-state index in [1.807, 2.05) is 43.3 Å². The maximum absolute atomic E-state index is 12.0.